The summed E-state index contributed by atoms with van der Waals surface area (Å²) in [7, 11) is 0. The van der Waals surface area contributed by atoms with Gasteiger partial charge in [-0.05, 0) is 54.6 Å². The highest BCUT2D eigenvalue weighted by Gasteiger charge is 2.13. The number of nitrogens with one attached hydrogen (secondary N) is 2. The zero-order valence-corrected chi connectivity index (χ0v) is 15.3. The molecule has 0 fully saturated rings. The SMILES string of the molecule is O=C(Nc1ccc2nc(NC(=O)c3ccco3)sc2c1)c1ccc(Cl)cc1. The zero-order chi connectivity index (χ0) is 18.8. The van der Waals surface area contributed by atoms with Crippen molar-refractivity contribution in [1.82, 2.24) is 4.98 Å². The summed E-state index contributed by atoms with van der Waals surface area (Å²) in [5.74, 6) is -0.387. The summed E-state index contributed by atoms with van der Waals surface area (Å²) < 4.78 is 5.89. The van der Waals surface area contributed by atoms with Crippen molar-refractivity contribution >= 4 is 55.8 Å². The van der Waals surface area contributed by atoms with Gasteiger partial charge in [0.25, 0.3) is 11.8 Å². The molecular weight excluding hydrogens is 386 g/mol. The number of nitrogens with zero attached hydrogens (tertiary/aromatic N) is 1. The molecule has 0 bridgehead atoms. The van der Waals surface area contributed by atoms with Crippen LogP contribution in [0.25, 0.3) is 10.2 Å². The predicted molar refractivity (Wildman–Crippen MR) is 106 cm³/mol. The summed E-state index contributed by atoms with van der Waals surface area (Å²) in [5, 5.41) is 6.56. The van der Waals surface area contributed by atoms with E-state index in [9.17, 15) is 9.59 Å². The maximum Gasteiger partial charge on any atom is 0.293 e. The van der Waals surface area contributed by atoms with Crippen LogP contribution < -0.4 is 10.6 Å². The first-order valence-corrected chi connectivity index (χ1v) is 9.10. The van der Waals surface area contributed by atoms with Crippen LogP contribution in [0.5, 0.6) is 0 Å². The maximum atomic E-state index is 12.3. The second kappa shape index (κ2) is 7.22. The molecule has 0 atom stereocenters. The second-order valence-corrected chi connectivity index (χ2v) is 7.06. The Kier molecular flexibility index (Phi) is 4.62. The second-order valence-electron chi connectivity index (χ2n) is 5.59. The Balaban J connectivity index is 1.51. The van der Waals surface area contributed by atoms with Crippen molar-refractivity contribution in [3.63, 3.8) is 0 Å². The number of halogens is 1. The van der Waals surface area contributed by atoms with Crippen LogP contribution in [-0.4, -0.2) is 16.8 Å². The lowest BCUT2D eigenvalue weighted by Crippen LogP contribution is -2.11. The summed E-state index contributed by atoms with van der Waals surface area (Å²) in [4.78, 5) is 28.7. The Labute approximate surface area is 162 Å². The third kappa shape index (κ3) is 3.84. The van der Waals surface area contributed by atoms with Crippen molar-refractivity contribution in [1.29, 1.82) is 0 Å². The van der Waals surface area contributed by atoms with E-state index in [4.69, 9.17) is 16.0 Å². The van der Waals surface area contributed by atoms with Crippen molar-refractivity contribution in [2.45, 2.75) is 0 Å². The van der Waals surface area contributed by atoms with Crippen LogP contribution >= 0.6 is 22.9 Å². The third-order valence-electron chi connectivity index (χ3n) is 3.72. The van der Waals surface area contributed by atoms with Crippen molar-refractivity contribution in [3.05, 3.63) is 77.2 Å². The molecule has 134 valence electrons. The summed E-state index contributed by atoms with van der Waals surface area (Å²) >= 11 is 7.15. The van der Waals surface area contributed by atoms with Gasteiger partial charge in [-0.25, -0.2) is 4.98 Å². The van der Waals surface area contributed by atoms with Gasteiger partial charge < -0.3 is 9.73 Å². The van der Waals surface area contributed by atoms with E-state index in [0.29, 0.717) is 21.4 Å². The molecule has 2 amide bonds. The number of thiazole rings is 1. The van der Waals surface area contributed by atoms with E-state index in [-0.39, 0.29) is 17.6 Å². The average molecular weight is 398 g/mol. The number of hydrogen-bond donors (Lipinski definition) is 2. The first-order valence-electron chi connectivity index (χ1n) is 7.91. The fraction of sp³-hybridized carbons (Fsp3) is 0. The Morgan fingerprint density at radius 3 is 2.56 bits per heavy atom. The maximum absolute atomic E-state index is 12.3. The van der Waals surface area contributed by atoms with Crippen molar-refractivity contribution < 1.29 is 14.0 Å². The van der Waals surface area contributed by atoms with E-state index in [1.54, 1.807) is 48.5 Å². The van der Waals surface area contributed by atoms with Gasteiger partial charge in [-0.15, -0.1) is 0 Å². The minimum Gasteiger partial charge on any atom is -0.459 e. The number of rotatable bonds is 4. The molecule has 2 aromatic heterocycles. The Hall–Kier alpha value is -3.16. The largest absolute Gasteiger partial charge is 0.459 e. The van der Waals surface area contributed by atoms with Gasteiger partial charge in [-0.2, -0.15) is 0 Å². The molecule has 0 radical (unpaired) electrons. The van der Waals surface area contributed by atoms with E-state index in [1.807, 2.05) is 6.07 Å². The number of aromatic nitrogens is 1. The van der Waals surface area contributed by atoms with Gasteiger partial charge in [-0.1, -0.05) is 22.9 Å². The Bertz CT molecular complexity index is 1120. The van der Waals surface area contributed by atoms with E-state index in [2.05, 4.69) is 15.6 Å². The number of carbonyl (C=O) groups is 2. The molecule has 0 saturated heterocycles. The highest BCUT2D eigenvalue weighted by molar-refractivity contribution is 7.22. The van der Waals surface area contributed by atoms with Crippen molar-refractivity contribution in [2.75, 3.05) is 10.6 Å². The smallest absolute Gasteiger partial charge is 0.293 e. The molecule has 0 unspecified atom stereocenters. The molecule has 2 N–H and O–H groups in total. The minimum absolute atomic E-state index is 0.213. The number of furan rings is 1. The first-order chi connectivity index (χ1) is 13.1. The van der Waals surface area contributed by atoms with Crippen LogP contribution in [0.15, 0.2) is 65.3 Å². The van der Waals surface area contributed by atoms with Crippen LogP contribution in [0.4, 0.5) is 10.8 Å². The Morgan fingerprint density at radius 2 is 1.81 bits per heavy atom. The fourth-order valence-electron chi connectivity index (χ4n) is 2.43. The molecule has 0 saturated carbocycles. The van der Waals surface area contributed by atoms with Gasteiger partial charge in [0.2, 0.25) is 0 Å². The van der Waals surface area contributed by atoms with Crippen LogP contribution in [0.2, 0.25) is 5.02 Å². The van der Waals surface area contributed by atoms with E-state index < -0.39 is 0 Å². The van der Waals surface area contributed by atoms with E-state index in [0.717, 1.165) is 10.2 Å². The van der Waals surface area contributed by atoms with E-state index in [1.165, 1.54) is 17.6 Å². The number of amides is 2. The highest BCUT2D eigenvalue weighted by atomic mass is 35.5. The van der Waals surface area contributed by atoms with Gasteiger partial charge in [0.1, 0.15) is 0 Å². The molecule has 0 aliphatic carbocycles. The lowest BCUT2D eigenvalue weighted by molar-refractivity contribution is 0.0994. The van der Waals surface area contributed by atoms with Crippen LogP contribution in [0, 0.1) is 0 Å². The third-order valence-corrected chi connectivity index (χ3v) is 4.90. The number of hydrogen-bond acceptors (Lipinski definition) is 5. The molecule has 0 aliphatic heterocycles. The fourth-order valence-corrected chi connectivity index (χ4v) is 3.45. The lowest BCUT2D eigenvalue weighted by atomic mass is 10.2. The van der Waals surface area contributed by atoms with Gasteiger partial charge in [0, 0.05) is 16.3 Å². The van der Waals surface area contributed by atoms with Crippen LogP contribution in [0.3, 0.4) is 0 Å². The highest BCUT2D eigenvalue weighted by Crippen LogP contribution is 2.29. The molecule has 27 heavy (non-hydrogen) atoms. The lowest BCUT2D eigenvalue weighted by Gasteiger charge is -2.05. The number of benzene rings is 2. The van der Waals surface area contributed by atoms with Crippen molar-refractivity contribution in [3.8, 4) is 0 Å². The normalized spacial score (nSPS) is 10.7. The summed E-state index contributed by atoms with van der Waals surface area (Å²) in [6.45, 7) is 0. The predicted octanol–water partition coefficient (Wildman–Crippen LogP) is 5.05. The summed E-state index contributed by atoms with van der Waals surface area (Å²) in [6, 6.07) is 15.2. The molecule has 0 spiro atoms. The number of fused-ring (bicyclic) bond motifs is 1. The average Bonchev–Trinajstić information content (AvgIpc) is 3.31. The van der Waals surface area contributed by atoms with Gasteiger partial charge >= 0.3 is 0 Å². The first kappa shape index (κ1) is 17.3. The molecule has 4 rings (SSSR count). The summed E-state index contributed by atoms with van der Waals surface area (Å²) in [5.41, 5.74) is 1.87. The zero-order valence-electron chi connectivity index (χ0n) is 13.7. The monoisotopic (exact) mass is 397 g/mol. The van der Waals surface area contributed by atoms with Gasteiger partial charge in [0.05, 0.1) is 16.5 Å². The standard InChI is InChI=1S/C19H12ClN3O3S/c20-12-5-3-11(4-6-12)17(24)21-13-7-8-14-16(10-13)27-19(22-14)23-18(25)15-2-1-9-26-15/h1-10H,(H,21,24)(H,22,23,25). The number of anilines is 2. The van der Waals surface area contributed by atoms with Gasteiger partial charge in [-0.3, -0.25) is 14.9 Å². The minimum atomic E-state index is -0.365. The summed E-state index contributed by atoms with van der Waals surface area (Å²) in [6.07, 6.45) is 1.43. The molecule has 2 aromatic carbocycles. The molecule has 8 heteroatoms. The van der Waals surface area contributed by atoms with Crippen molar-refractivity contribution in [2.24, 2.45) is 0 Å². The number of carbonyl (C=O) groups excluding carboxylic acids is 2. The molecule has 0 aliphatic rings. The van der Waals surface area contributed by atoms with Gasteiger partial charge in [0.15, 0.2) is 10.9 Å². The topological polar surface area (TPSA) is 84.2 Å². The molecule has 6 nitrogen and oxygen atoms in total. The van der Waals surface area contributed by atoms with E-state index >= 15 is 0 Å². The van der Waals surface area contributed by atoms with Crippen LogP contribution in [0.1, 0.15) is 20.9 Å². The quantitative estimate of drug-likeness (QED) is 0.504. The molecular formula is C19H12ClN3O3S. The van der Waals surface area contributed by atoms with Crippen LogP contribution in [-0.2, 0) is 0 Å². The Morgan fingerprint density at radius 1 is 1.00 bits per heavy atom. The molecule has 2 heterocycles. The molecule has 4 aromatic rings.